The maximum Gasteiger partial charge on any atom is 0.497 e. The molecule has 4 rings (SSSR count). The van der Waals surface area contributed by atoms with Gasteiger partial charge in [-0.1, -0.05) is 42.8 Å². The minimum atomic E-state index is -0.584. The first-order valence-electron chi connectivity index (χ1n) is 10.2. The summed E-state index contributed by atoms with van der Waals surface area (Å²) in [5.74, 6) is -0.359. The monoisotopic (exact) mass is 425 g/mol. The van der Waals surface area contributed by atoms with Crippen LogP contribution in [0.25, 0.3) is 21.9 Å². The predicted octanol–water partition coefficient (Wildman–Crippen LogP) is 6.91. The molecule has 1 aliphatic heterocycles. The first kappa shape index (κ1) is 21.2. The summed E-state index contributed by atoms with van der Waals surface area (Å²) < 4.78 is 26.6. The molecule has 1 N–H and O–H groups in total. The van der Waals surface area contributed by atoms with E-state index in [1.165, 1.54) is 12.1 Å². The standard InChI is InChI=1S/C24H26BClFNO2/c1-6-17(18-12-11-16(27)14-19(18)26)22(25-29-23(2,3)24(4,5)30-25)21-13-15-9-7-8-10-20(15)28-21/h7-14,28H,6H2,1-5H3/b22-17-. The molecule has 3 aromatic rings. The zero-order chi connectivity index (χ0) is 21.7. The van der Waals surface area contributed by atoms with Crippen LogP contribution in [0.15, 0.2) is 48.5 Å². The van der Waals surface area contributed by atoms with Crippen LogP contribution < -0.4 is 0 Å². The van der Waals surface area contributed by atoms with Crippen LogP contribution in [-0.2, 0) is 9.31 Å². The van der Waals surface area contributed by atoms with Crippen molar-refractivity contribution in [1.82, 2.24) is 4.98 Å². The number of nitrogens with one attached hydrogen (secondary N) is 1. The molecule has 0 radical (unpaired) electrons. The van der Waals surface area contributed by atoms with Gasteiger partial charge in [0.05, 0.1) is 16.2 Å². The van der Waals surface area contributed by atoms with Gasteiger partial charge in [-0.2, -0.15) is 0 Å². The molecule has 3 nitrogen and oxygen atoms in total. The highest BCUT2D eigenvalue weighted by Gasteiger charge is 2.53. The Kier molecular flexibility index (Phi) is 5.33. The fourth-order valence-electron chi connectivity index (χ4n) is 3.87. The molecule has 30 heavy (non-hydrogen) atoms. The minimum absolute atomic E-state index is 0.359. The average Bonchev–Trinajstić information content (AvgIpc) is 3.17. The first-order valence-corrected chi connectivity index (χ1v) is 10.6. The number of rotatable bonds is 4. The predicted molar refractivity (Wildman–Crippen MR) is 123 cm³/mol. The number of hydrogen-bond acceptors (Lipinski definition) is 2. The van der Waals surface area contributed by atoms with E-state index in [-0.39, 0.29) is 5.82 Å². The van der Waals surface area contributed by atoms with Crippen molar-refractivity contribution in [2.75, 3.05) is 0 Å². The van der Waals surface area contributed by atoms with Gasteiger partial charge in [0.1, 0.15) is 5.82 Å². The Morgan fingerprint density at radius 2 is 1.70 bits per heavy atom. The minimum Gasteiger partial charge on any atom is -0.399 e. The normalized spacial score (nSPS) is 18.7. The zero-order valence-corrected chi connectivity index (χ0v) is 18.7. The molecule has 1 saturated heterocycles. The number of benzene rings is 2. The molecule has 0 amide bonds. The van der Waals surface area contributed by atoms with Crippen LogP contribution in [0.4, 0.5) is 4.39 Å². The van der Waals surface area contributed by atoms with Crippen molar-refractivity contribution >= 4 is 40.7 Å². The Balaban J connectivity index is 1.96. The Labute approximate surface area is 182 Å². The van der Waals surface area contributed by atoms with E-state index in [9.17, 15) is 4.39 Å². The smallest absolute Gasteiger partial charge is 0.399 e. The highest BCUT2D eigenvalue weighted by atomic mass is 35.5. The SMILES string of the molecule is CC/C(=C(/B1OC(C)(C)C(C)(C)O1)c1cc2ccccc2[nH]1)c1ccc(F)cc1Cl. The van der Waals surface area contributed by atoms with Gasteiger partial charge in [0.25, 0.3) is 0 Å². The summed E-state index contributed by atoms with van der Waals surface area (Å²) in [6.07, 6.45) is 0.681. The van der Waals surface area contributed by atoms with Crippen molar-refractivity contribution in [3.8, 4) is 0 Å². The summed E-state index contributed by atoms with van der Waals surface area (Å²) >= 11 is 6.47. The quantitative estimate of drug-likeness (QED) is 0.461. The molecule has 0 spiro atoms. The third-order valence-corrected chi connectivity index (χ3v) is 6.56. The number of allylic oxidation sites excluding steroid dienone is 1. The van der Waals surface area contributed by atoms with Gasteiger partial charge in [-0.15, -0.1) is 0 Å². The number of aromatic amines is 1. The van der Waals surface area contributed by atoms with Gasteiger partial charge in [-0.3, -0.25) is 0 Å². The third kappa shape index (κ3) is 3.60. The van der Waals surface area contributed by atoms with E-state index in [4.69, 9.17) is 20.9 Å². The highest BCUT2D eigenvalue weighted by Crippen LogP contribution is 2.44. The summed E-state index contributed by atoms with van der Waals surface area (Å²) in [7, 11) is -0.584. The topological polar surface area (TPSA) is 34.2 Å². The maximum atomic E-state index is 13.7. The molecular weight excluding hydrogens is 400 g/mol. The first-order chi connectivity index (χ1) is 14.1. The number of para-hydroxylation sites is 1. The number of hydrogen-bond donors (Lipinski definition) is 1. The molecule has 156 valence electrons. The van der Waals surface area contributed by atoms with E-state index in [2.05, 4.69) is 24.0 Å². The van der Waals surface area contributed by atoms with Gasteiger partial charge in [-0.25, -0.2) is 4.39 Å². The molecule has 2 heterocycles. The lowest BCUT2D eigenvalue weighted by Crippen LogP contribution is -2.41. The Bertz CT molecular complexity index is 1090. The largest absolute Gasteiger partial charge is 0.497 e. The van der Waals surface area contributed by atoms with Crippen molar-refractivity contribution in [2.24, 2.45) is 0 Å². The van der Waals surface area contributed by atoms with Gasteiger partial charge in [0.2, 0.25) is 0 Å². The van der Waals surface area contributed by atoms with Crippen molar-refractivity contribution in [3.05, 3.63) is 70.6 Å². The summed E-state index contributed by atoms with van der Waals surface area (Å²) in [4.78, 5) is 3.51. The van der Waals surface area contributed by atoms with Crippen molar-refractivity contribution in [1.29, 1.82) is 0 Å². The van der Waals surface area contributed by atoms with Crippen LogP contribution in [0.3, 0.4) is 0 Å². The molecule has 6 heteroatoms. The molecule has 0 atom stereocenters. The molecular formula is C24H26BClFNO2. The van der Waals surface area contributed by atoms with Crippen LogP contribution in [0.2, 0.25) is 5.02 Å². The van der Waals surface area contributed by atoms with Crippen LogP contribution in [-0.4, -0.2) is 23.3 Å². The van der Waals surface area contributed by atoms with Gasteiger partial charge >= 0.3 is 7.12 Å². The lowest BCUT2D eigenvalue weighted by Gasteiger charge is -2.32. The Morgan fingerprint density at radius 1 is 1.03 bits per heavy atom. The van der Waals surface area contributed by atoms with Gasteiger partial charge in [-0.05, 0) is 74.9 Å². The van der Waals surface area contributed by atoms with E-state index in [0.29, 0.717) is 11.4 Å². The van der Waals surface area contributed by atoms with Crippen LogP contribution in [0, 0.1) is 5.82 Å². The molecule has 0 saturated carbocycles. The highest BCUT2D eigenvalue weighted by molar-refractivity contribution is 6.71. The molecule has 0 unspecified atom stereocenters. The van der Waals surface area contributed by atoms with E-state index in [1.807, 2.05) is 45.9 Å². The van der Waals surface area contributed by atoms with Crippen LogP contribution in [0.5, 0.6) is 0 Å². The van der Waals surface area contributed by atoms with Gasteiger partial charge in [0, 0.05) is 16.7 Å². The van der Waals surface area contributed by atoms with E-state index < -0.39 is 18.3 Å². The fourth-order valence-corrected chi connectivity index (χ4v) is 4.15. The molecule has 0 aliphatic carbocycles. The number of aromatic nitrogens is 1. The maximum absolute atomic E-state index is 13.7. The second kappa shape index (κ2) is 7.56. The molecule has 0 bridgehead atoms. The molecule has 1 aliphatic rings. The van der Waals surface area contributed by atoms with Gasteiger partial charge < -0.3 is 14.3 Å². The van der Waals surface area contributed by atoms with E-state index in [1.54, 1.807) is 6.07 Å². The summed E-state index contributed by atoms with van der Waals surface area (Å²) in [5, 5.41) is 1.47. The lowest BCUT2D eigenvalue weighted by atomic mass is 9.71. The second-order valence-electron chi connectivity index (χ2n) is 8.73. The lowest BCUT2D eigenvalue weighted by molar-refractivity contribution is 0.00578. The molecule has 1 fully saturated rings. The van der Waals surface area contributed by atoms with E-state index in [0.717, 1.165) is 33.2 Å². The third-order valence-electron chi connectivity index (χ3n) is 6.24. The number of H-pyrrole nitrogens is 1. The Hall–Kier alpha value is -2.08. The summed E-state index contributed by atoms with van der Waals surface area (Å²) in [5.41, 5.74) is 3.60. The van der Waals surface area contributed by atoms with Crippen molar-refractivity contribution in [2.45, 2.75) is 52.2 Å². The molecule has 2 aromatic carbocycles. The van der Waals surface area contributed by atoms with Crippen LogP contribution >= 0.6 is 11.6 Å². The van der Waals surface area contributed by atoms with Crippen molar-refractivity contribution in [3.63, 3.8) is 0 Å². The Morgan fingerprint density at radius 3 is 2.30 bits per heavy atom. The fraction of sp³-hybridized carbons (Fsp3) is 0.333. The molecule has 1 aromatic heterocycles. The van der Waals surface area contributed by atoms with Crippen LogP contribution in [0.1, 0.15) is 52.3 Å². The number of fused-ring (bicyclic) bond motifs is 1. The second-order valence-corrected chi connectivity index (χ2v) is 9.14. The van der Waals surface area contributed by atoms with Gasteiger partial charge in [0.15, 0.2) is 0 Å². The zero-order valence-electron chi connectivity index (χ0n) is 18.0. The van der Waals surface area contributed by atoms with E-state index >= 15 is 0 Å². The summed E-state index contributed by atoms with van der Waals surface area (Å²) in [6.45, 7) is 10.2. The number of halogens is 2. The average molecular weight is 426 g/mol. The van der Waals surface area contributed by atoms with Crippen molar-refractivity contribution < 1.29 is 13.7 Å². The summed E-state index contributed by atoms with van der Waals surface area (Å²) in [6, 6.07) is 14.7.